The van der Waals surface area contributed by atoms with Gasteiger partial charge in [0, 0.05) is 17.0 Å². The second kappa shape index (κ2) is 9.41. The monoisotopic (exact) mass is 386 g/mol. The van der Waals surface area contributed by atoms with Gasteiger partial charge < -0.3 is 0 Å². The minimum atomic E-state index is -1.22. The predicted octanol–water partition coefficient (Wildman–Crippen LogP) is 5.32. The number of benzene rings is 3. The van der Waals surface area contributed by atoms with E-state index < -0.39 is 23.4 Å². The molecule has 1 atom stereocenters. The van der Waals surface area contributed by atoms with Crippen molar-refractivity contribution in [2.45, 2.75) is 5.92 Å². The lowest BCUT2D eigenvalue weighted by Crippen LogP contribution is -2.32. The van der Waals surface area contributed by atoms with Crippen LogP contribution in [0.5, 0.6) is 0 Å². The van der Waals surface area contributed by atoms with Gasteiger partial charge in [0.25, 0.3) is 0 Å². The summed E-state index contributed by atoms with van der Waals surface area (Å²) in [6, 6.07) is 23.1. The molecule has 29 heavy (non-hydrogen) atoms. The molecule has 0 aromatic heterocycles. The molecule has 0 fully saturated rings. The van der Waals surface area contributed by atoms with E-state index in [1.165, 1.54) is 6.07 Å². The maximum Gasteiger partial charge on any atom is 0.174 e. The van der Waals surface area contributed by atoms with Crippen LogP contribution in [0.4, 0.5) is 5.69 Å². The minimum Gasteiger partial charge on any atom is -0.293 e. The molecule has 0 aliphatic carbocycles. The zero-order valence-corrected chi connectivity index (χ0v) is 15.5. The molecule has 144 valence electrons. The molecular weight excluding hydrogens is 368 g/mol. The molecule has 0 bridgehead atoms. The van der Waals surface area contributed by atoms with Crippen molar-refractivity contribution >= 4 is 17.3 Å². The van der Waals surface area contributed by atoms with E-state index >= 15 is 0 Å². The van der Waals surface area contributed by atoms with Crippen molar-refractivity contribution in [2.75, 3.05) is 6.54 Å². The SMILES string of the molecule is O=NC[C@H](c1ccccc1N=O)C(C(=O)c1ccccc1)C(=O)c1ccccc1. The highest BCUT2D eigenvalue weighted by atomic mass is 16.3. The quantitative estimate of drug-likeness (QED) is 0.283. The van der Waals surface area contributed by atoms with Crippen molar-refractivity contribution in [3.63, 3.8) is 0 Å². The van der Waals surface area contributed by atoms with E-state index in [1.54, 1.807) is 78.9 Å². The molecule has 0 aliphatic heterocycles. The first-order chi connectivity index (χ1) is 14.2. The number of hydrogen-bond acceptors (Lipinski definition) is 6. The van der Waals surface area contributed by atoms with Crippen molar-refractivity contribution in [3.8, 4) is 0 Å². The molecule has 3 aromatic rings. The Kier molecular flexibility index (Phi) is 6.47. The van der Waals surface area contributed by atoms with Gasteiger partial charge in [0.1, 0.15) is 5.69 Å². The van der Waals surface area contributed by atoms with E-state index in [4.69, 9.17) is 0 Å². The van der Waals surface area contributed by atoms with Gasteiger partial charge in [0.15, 0.2) is 11.6 Å². The highest BCUT2D eigenvalue weighted by Gasteiger charge is 2.38. The molecule has 0 amide bonds. The topological polar surface area (TPSA) is 93.0 Å². The fourth-order valence-electron chi connectivity index (χ4n) is 3.40. The number of nitroso groups, excluding NO2 is 2. The van der Waals surface area contributed by atoms with Gasteiger partial charge in [0.2, 0.25) is 0 Å². The van der Waals surface area contributed by atoms with Crippen LogP contribution in [0.2, 0.25) is 0 Å². The van der Waals surface area contributed by atoms with Crippen molar-refractivity contribution < 1.29 is 9.59 Å². The highest BCUT2D eigenvalue weighted by Crippen LogP contribution is 2.36. The predicted molar refractivity (Wildman–Crippen MR) is 110 cm³/mol. The van der Waals surface area contributed by atoms with Crippen LogP contribution in [0.3, 0.4) is 0 Å². The van der Waals surface area contributed by atoms with E-state index in [0.29, 0.717) is 16.7 Å². The summed E-state index contributed by atoms with van der Waals surface area (Å²) in [4.78, 5) is 49.3. The van der Waals surface area contributed by atoms with E-state index in [-0.39, 0.29) is 12.2 Å². The summed E-state index contributed by atoms with van der Waals surface area (Å²) in [5.74, 6) is -3.01. The minimum absolute atomic E-state index is 0.0767. The molecule has 0 aliphatic rings. The molecule has 0 radical (unpaired) electrons. The van der Waals surface area contributed by atoms with Crippen LogP contribution in [0.25, 0.3) is 0 Å². The molecule has 6 nitrogen and oxygen atoms in total. The number of rotatable bonds is 9. The van der Waals surface area contributed by atoms with Gasteiger partial charge in [-0.25, -0.2) is 0 Å². The number of ketones is 2. The first kappa shape index (κ1) is 19.9. The van der Waals surface area contributed by atoms with Crippen molar-refractivity contribution in [1.29, 1.82) is 0 Å². The second-order valence-electron chi connectivity index (χ2n) is 6.51. The Morgan fingerprint density at radius 2 is 1.17 bits per heavy atom. The summed E-state index contributed by atoms with van der Waals surface area (Å²) in [5, 5.41) is 5.97. The van der Waals surface area contributed by atoms with E-state index in [2.05, 4.69) is 10.4 Å². The Bertz CT molecular complexity index is 968. The van der Waals surface area contributed by atoms with Gasteiger partial charge >= 0.3 is 0 Å². The van der Waals surface area contributed by atoms with E-state index in [9.17, 15) is 19.4 Å². The van der Waals surface area contributed by atoms with Crippen LogP contribution in [0.15, 0.2) is 95.3 Å². The van der Waals surface area contributed by atoms with Crippen molar-refractivity contribution in [2.24, 2.45) is 16.3 Å². The Morgan fingerprint density at radius 3 is 1.66 bits per heavy atom. The zero-order valence-electron chi connectivity index (χ0n) is 15.5. The summed E-state index contributed by atoms with van der Waals surface area (Å²) >= 11 is 0. The summed E-state index contributed by atoms with van der Waals surface area (Å²) in [6.45, 7) is -0.339. The van der Waals surface area contributed by atoms with Gasteiger partial charge in [-0.3, -0.25) is 9.59 Å². The molecule has 0 heterocycles. The molecule has 0 spiro atoms. The van der Waals surface area contributed by atoms with Crippen LogP contribution >= 0.6 is 0 Å². The second-order valence-corrected chi connectivity index (χ2v) is 6.51. The lowest BCUT2D eigenvalue weighted by Gasteiger charge is -2.24. The largest absolute Gasteiger partial charge is 0.293 e. The fraction of sp³-hybridized carbons (Fsp3) is 0.130. The van der Waals surface area contributed by atoms with Gasteiger partial charge in [0.05, 0.1) is 12.5 Å². The van der Waals surface area contributed by atoms with Gasteiger partial charge in [-0.2, -0.15) is 4.91 Å². The summed E-state index contributed by atoms with van der Waals surface area (Å²) < 4.78 is 0. The number of Topliss-reactive ketones (excluding diaryl/α,β-unsaturated/α-hetero) is 2. The number of carbonyl (C=O) groups is 2. The van der Waals surface area contributed by atoms with Crippen LogP contribution in [-0.4, -0.2) is 18.1 Å². The number of hydrogen-bond donors (Lipinski definition) is 0. The molecule has 3 rings (SSSR count). The van der Waals surface area contributed by atoms with Crippen molar-refractivity contribution in [3.05, 3.63) is 111 Å². The summed E-state index contributed by atoms with van der Waals surface area (Å²) in [5.41, 5.74) is 1.11. The molecule has 3 aromatic carbocycles. The first-order valence-electron chi connectivity index (χ1n) is 9.07. The van der Waals surface area contributed by atoms with Gasteiger partial charge in [-0.15, -0.1) is 4.91 Å². The first-order valence-corrected chi connectivity index (χ1v) is 9.07. The third-order valence-corrected chi connectivity index (χ3v) is 4.79. The maximum absolute atomic E-state index is 13.4. The third kappa shape index (κ3) is 4.38. The Labute approximate surface area is 167 Å². The molecule has 0 unspecified atom stereocenters. The maximum atomic E-state index is 13.4. The third-order valence-electron chi connectivity index (χ3n) is 4.79. The van der Waals surface area contributed by atoms with E-state index in [1.807, 2.05) is 0 Å². The smallest absolute Gasteiger partial charge is 0.174 e. The molecular formula is C23H18N2O4. The Balaban J connectivity index is 2.16. The highest BCUT2D eigenvalue weighted by molar-refractivity contribution is 6.16. The molecule has 0 saturated carbocycles. The zero-order chi connectivity index (χ0) is 20.6. The average molecular weight is 386 g/mol. The summed E-state index contributed by atoms with van der Waals surface area (Å²) in [7, 11) is 0. The van der Waals surface area contributed by atoms with Crippen LogP contribution in [0.1, 0.15) is 32.2 Å². The average Bonchev–Trinajstić information content (AvgIpc) is 2.79. The standard InChI is InChI=1S/C23H18N2O4/c26-22(16-9-3-1-4-10-16)21(23(27)17-11-5-2-6-12-17)19(15-24-28)18-13-7-8-14-20(18)25-29/h1-14,19,21H,15H2/t19-/m1/s1. The lowest BCUT2D eigenvalue weighted by molar-refractivity contribution is 0.0784. The van der Waals surface area contributed by atoms with E-state index in [0.717, 1.165) is 0 Å². The number of nitrogens with zero attached hydrogens (tertiary/aromatic N) is 2. The van der Waals surface area contributed by atoms with Gasteiger partial charge in [-0.1, -0.05) is 84.0 Å². The van der Waals surface area contributed by atoms with Gasteiger partial charge in [-0.05, 0) is 16.8 Å². The summed E-state index contributed by atoms with van der Waals surface area (Å²) in [6.07, 6.45) is 0. The molecule has 0 saturated heterocycles. The van der Waals surface area contributed by atoms with Crippen LogP contribution in [-0.2, 0) is 0 Å². The lowest BCUT2D eigenvalue weighted by atomic mass is 9.76. The van der Waals surface area contributed by atoms with Crippen LogP contribution < -0.4 is 0 Å². The number of carbonyl (C=O) groups excluding carboxylic acids is 2. The molecule has 6 heteroatoms. The fourth-order valence-corrected chi connectivity index (χ4v) is 3.40. The normalized spacial score (nSPS) is 11.6. The Hall–Kier alpha value is -3.80. The Morgan fingerprint density at radius 1 is 0.690 bits per heavy atom. The van der Waals surface area contributed by atoms with Crippen molar-refractivity contribution in [1.82, 2.24) is 0 Å². The molecule has 0 N–H and O–H groups in total. The van der Waals surface area contributed by atoms with Crippen LogP contribution in [0, 0.1) is 15.7 Å².